The van der Waals surface area contributed by atoms with Crippen LogP contribution in [-0.4, -0.2) is 22.6 Å². The van der Waals surface area contributed by atoms with Gasteiger partial charge < -0.3 is 9.88 Å². The van der Waals surface area contributed by atoms with E-state index in [1.165, 1.54) is 12.1 Å². The number of rotatable bonds is 1. The van der Waals surface area contributed by atoms with Crippen LogP contribution in [0.15, 0.2) is 22.9 Å². The van der Waals surface area contributed by atoms with Gasteiger partial charge in [-0.3, -0.25) is 0 Å². The topological polar surface area (TPSA) is 29.9 Å². The van der Waals surface area contributed by atoms with Crippen molar-refractivity contribution in [1.29, 1.82) is 0 Å². The summed E-state index contributed by atoms with van der Waals surface area (Å²) >= 11 is 3.47. The molecule has 1 aliphatic heterocycles. The molecule has 5 heteroatoms. The predicted molar refractivity (Wildman–Crippen MR) is 68.5 cm³/mol. The molecule has 1 atom stereocenters. The first kappa shape index (κ1) is 11.2. The normalized spacial score (nSPS) is 20.9. The first-order chi connectivity index (χ1) is 8.25. The van der Waals surface area contributed by atoms with Crippen molar-refractivity contribution in [3.63, 3.8) is 0 Å². The van der Waals surface area contributed by atoms with Crippen LogP contribution >= 0.6 is 15.9 Å². The molecular weight excluding hydrogens is 285 g/mol. The molecule has 0 saturated carbocycles. The fourth-order valence-corrected chi connectivity index (χ4v) is 3.12. The monoisotopic (exact) mass is 297 g/mol. The van der Waals surface area contributed by atoms with Gasteiger partial charge in [0.05, 0.1) is 11.0 Å². The summed E-state index contributed by atoms with van der Waals surface area (Å²) in [6.45, 7) is 2.02. The van der Waals surface area contributed by atoms with E-state index in [1.807, 2.05) is 0 Å². The number of hydrogen-bond donors (Lipinski definition) is 1. The Morgan fingerprint density at radius 2 is 2.35 bits per heavy atom. The highest BCUT2D eigenvalue weighted by Crippen LogP contribution is 2.28. The Hall–Kier alpha value is -0.940. The second kappa shape index (κ2) is 4.38. The van der Waals surface area contributed by atoms with Gasteiger partial charge in [-0.1, -0.05) is 0 Å². The summed E-state index contributed by atoms with van der Waals surface area (Å²) in [5.41, 5.74) is 1.70. The molecule has 0 aliphatic carbocycles. The molecule has 2 heterocycles. The maximum Gasteiger partial charge on any atom is 0.178 e. The number of halogens is 2. The van der Waals surface area contributed by atoms with Crippen LogP contribution < -0.4 is 5.32 Å². The van der Waals surface area contributed by atoms with Gasteiger partial charge in [0.25, 0.3) is 0 Å². The van der Waals surface area contributed by atoms with Crippen LogP contribution in [0, 0.1) is 5.82 Å². The van der Waals surface area contributed by atoms with Crippen molar-refractivity contribution in [1.82, 2.24) is 14.9 Å². The SMILES string of the molecule is Fc1ccc2c(c1)nc(Br)n2C1CCCNC1. The maximum absolute atomic E-state index is 13.1. The molecule has 3 nitrogen and oxygen atoms in total. The Labute approximate surface area is 107 Å². The summed E-state index contributed by atoms with van der Waals surface area (Å²) in [6.07, 6.45) is 2.30. The zero-order valence-corrected chi connectivity index (χ0v) is 10.9. The van der Waals surface area contributed by atoms with E-state index in [2.05, 4.69) is 30.8 Å². The largest absolute Gasteiger partial charge is 0.315 e. The zero-order chi connectivity index (χ0) is 11.8. The van der Waals surface area contributed by atoms with Crippen LogP contribution in [0.25, 0.3) is 11.0 Å². The van der Waals surface area contributed by atoms with E-state index in [0.29, 0.717) is 11.6 Å². The summed E-state index contributed by atoms with van der Waals surface area (Å²) in [7, 11) is 0. The van der Waals surface area contributed by atoms with E-state index in [1.54, 1.807) is 6.07 Å². The molecule has 3 rings (SSSR count). The molecule has 17 heavy (non-hydrogen) atoms. The Morgan fingerprint density at radius 3 is 3.12 bits per heavy atom. The first-order valence-electron chi connectivity index (χ1n) is 5.79. The average Bonchev–Trinajstić information content (AvgIpc) is 2.65. The molecule has 0 spiro atoms. The van der Waals surface area contributed by atoms with Crippen LogP contribution in [0.3, 0.4) is 0 Å². The molecule has 1 fully saturated rings. The standard InChI is InChI=1S/C12H13BrFN3/c13-12-16-10-6-8(14)3-4-11(10)17(12)9-2-1-5-15-7-9/h3-4,6,9,15H,1-2,5,7H2. The Bertz CT molecular complexity index is 546. The van der Waals surface area contributed by atoms with Gasteiger partial charge in [0, 0.05) is 18.7 Å². The number of imidazole rings is 1. The van der Waals surface area contributed by atoms with Crippen molar-refractivity contribution in [3.8, 4) is 0 Å². The van der Waals surface area contributed by atoms with Crippen molar-refractivity contribution in [2.24, 2.45) is 0 Å². The smallest absolute Gasteiger partial charge is 0.178 e. The molecule has 0 amide bonds. The predicted octanol–water partition coefficient (Wildman–Crippen LogP) is 2.86. The van der Waals surface area contributed by atoms with Crippen LogP contribution in [0.2, 0.25) is 0 Å². The van der Waals surface area contributed by atoms with E-state index in [0.717, 1.165) is 36.2 Å². The number of hydrogen-bond acceptors (Lipinski definition) is 2. The summed E-state index contributed by atoms with van der Waals surface area (Å²) in [6, 6.07) is 5.17. The van der Waals surface area contributed by atoms with Gasteiger partial charge in [0.1, 0.15) is 5.82 Å². The number of aromatic nitrogens is 2. The highest BCUT2D eigenvalue weighted by atomic mass is 79.9. The first-order valence-corrected chi connectivity index (χ1v) is 6.59. The maximum atomic E-state index is 13.1. The molecule has 1 aliphatic rings. The highest BCUT2D eigenvalue weighted by molar-refractivity contribution is 9.10. The number of benzene rings is 1. The lowest BCUT2D eigenvalue weighted by Crippen LogP contribution is -2.31. The van der Waals surface area contributed by atoms with Gasteiger partial charge >= 0.3 is 0 Å². The average molecular weight is 298 g/mol. The lowest BCUT2D eigenvalue weighted by atomic mass is 10.1. The number of nitrogens with one attached hydrogen (secondary N) is 1. The van der Waals surface area contributed by atoms with E-state index in [9.17, 15) is 4.39 Å². The van der Waals surface area contributed by atoms with Gasteiger partial charge in [-0.15, -0.1) is 0 Å². The summed E-state index contributed by atoms with van der Waals surface area (Å²) < 4.78 is 16.1. The number of piperidine rings is 1. The van der Waals surface area contributed by atoms with Crippen LogP contribution in [0.5, 0.6) is 0 Å². The van der Waals surface area contributed by atoms with Crippen molar-refractivity contribution in [2.75, 3.05) is 13.1 Å². The number of nitrogens with zero attached hydrogens (tertiary/aromatic N) is 2. The van der Waals surface area contributed by atoms with E-state index >= 15 is 0 Å². The summed E-state index contributed by atoms with van der Waals surface area (Å²) in [5.74, 6) is -0.239. The van der Waals surface area contributed by atoms with Crippen LogP contribution in [0.1, 0.15) is 18.9 Å². The minimum Gasteiger partial charge on any atom is -0.315 e. The molecular formula is C12H13BrFN3. The molecule has 1 N–H and O–H groups in total. The third-order valence-electron chi connectivity index (χ3n) is 3.24. The molecule has 1 saturated heterocycles. The molecule has 1 aromatic carbocycles. The lowest BCUT2D eigenvalue weighted by molar-refractivity contribution is 0.373. The molecule has 1 aromatic heterocycles. The Morgan fingerprint density at radius 1 is 1.47 bits per heavy atom. The van der Waals surface area contributed by atoms with E-state index in [4.69, 9.17) is 0 Å². The Kier molecular flexibility index (Phi) is 2.88. The third kappa shape index (κ3) is 1.98. The summed E-state index contributed by atoms with van der Waals surface area (Å²) in [4.78, 5) is 4.36. The fraction of sp³-hybridized carbons (Fsp3) is 0.417. The zero-order valence-electron chi connectivity index (χ0n) is 9.29. The minimum atomic E-state index is -0.239. The molecule has 90 valence electrons. The minimum absolute atomic E-state index is 0.239. The second-order valence-corrected chi connectivity index (χ2v) is 5.09. The molecule has 2 aromatic rings. The number of fused-ring (bicyclic) bond motifs is 1. The molecule has 1 unspecified atom stereocenters. The van der Waals surface area contributed by atoms with Crippen molar-refractivity contribution in [2.45, 2.75) is 18.9 Å². The van der Waals surface area contributed by atoms with Gasteiger partial charge in [-0.25, -0.2) is 9.37 Å². The lowest BCUT2D eigenvalue weighted by Gasteiger charge is -2.25. The highest BCUT2D eigenvalue weighted by Gasteiger charge is 2.20. The summed E-state index contributed by atoms with van der Waals surface area (Å²) in [5, 5.41) is 3.38. The second-order valence-electron chi connectivity index (χ2n) is 4.38. The quantitative estimate of drug-likeness (QED) is 0.877. The molecule has 0 bridgehead atoms. The van der Waals surface area contributed by atoms with Gasteiger partial charge in [-0.05, 0) is 47.4 Å². The van der Waals surface area contributed by atoms with Gasteiger partial charge in [0.15, 0.2) is 4.73 Å². The van der Waals surface area contributed by atoms with Crippen molar-refractivity contribution >= 4 is 27.0 Å². The fourth-order valence-electron chi connectivity index (χ4n) is 2.44. The van der Waals surface area contributed by atoms with Crippen molar-refractivity contribution in [3.05, 3.63) is 28.7 Å². The Balaban J connectivity index is 2.11. The van der Waals surface area contributed by atoms with Crippen molar-refractivity contribution < 1.29 is 4.39 Å². The van der Waals surface area contributed by atoms with Crippen LogP contribution in [0.4, 0.5) is 4.39 Å². The molecule has 0 radical (unpaired) electrons. The van der Waals surface area contributed by atoms with Gasteiger partial charge in [-0.2, -0.15) is 0 Å². The van der Waals surface area contributed by atoms with E-state index < -0.39 is 0 Å². The van der Waals surface area contributed by atoms with E-state index in [-0.39, 0.29) is 5.82 Å². The van der Waals surface area contributed by atoms with Gasteiger partial charge in [0.2, 0.25) is 0 Å². The van der Waals surface area contributed by atoms with Crippen LogP contribution in [-0.2, 0) is 0 Å². The third-order valence-corrected chi connectivity index (χ3v) is 3.80.